The normalized spacial score (nSPS) is 18.9. The summed E-state index contributed by atoms with van der Waals surface area (Å²) in [6, 6.07) is 3.74. The number of rotatable bonds is 3. The summed E-state index contributed by atoms with van der Waals surface area (Å²) >= 11 is 0. The minimum absolute atomic E-state index is 0.467. The van der Waals surface area contributed by atoms with E-state index in [0.717, 1.165) is 24.1 Å². The molecule has 0 spiro atoms. The summed E-state index contributed by atoms with van der Waals surface area (Å²) in [6.07, 6.45) is 2.23. The minimum Gasteiger partial charge on any atom is -0.467 e. The van der Waals surface area contributed by atoms with Gasteiger partial charge in [-0.15, -0.1) is 0 Å². The van der Waals surface area contributed by atoms with E-state index in [-0.39, 0.29) is 0 Å². The number of aliphatic hydroxyl groups is 1. The van der Waals surface area contributed by atoms with Crippen LogP contribution in [0.5, 0.6) is 0 Å². The molecule has 4 heteroatoms. The maximum Gasteiger partial charge on any atom is 0.335 e. The average molecular weight is 221 g/mol. The fraction of sp³-hybridized carbons (Fsp3) is 0.500. The number of hydrogen-bond donors (Lipinski definition) is 1. The Balaban J connectivity index is 2.33. The largest absolute Gasteiger partial charge is 0.467 e. The zero-order chi connectivity index (χ0) is 11.8. The van der Waals surface area contributed by atoms with Gasteiger partial charge in [-0.05, 0) is 31.4 Å². The van der Waals surface area contributed by atoms with Gasteiger partial charge in [-0.2, -0.15) is 0 Å². The Morgan fingerprint density at radius 1 is 1.62 bits per heavy atom. The highest BCUT2D eigenvalue weighted by Gasteiger charge is 2.54. The Bertz CT molecular complexity index is 412. The van der Waals surface area contributed by atoms with E-state index in [4.69, 9.17) is 0 Å². The van der Waals surface area contributed by atoms with Gasteiger partial charge in [0.05, 0.1) is 7.11 Å². The van der Waals surface area contributed by atoms with Crippen LogP contribution < -0.4 is 0 Å². The summed E-state index contributed by atoms with van der Waals surface area (Å²) in [7, 11) is 1.29. The number of aliphatic hydroxyl groups excluding tert-OH is 1. The molecule has 1 aliphatic rings. The van der Waals surface area contributed by atoms with Crippen LogP contribution in [0.1, 0.15) is 24.1 Å². The van der Waals surface area contributed by atoms with Crippen molar-refractivity contribution in [1.29, 1.82) is 0 Å². The second kappa shape index (κ2) is 3.87. The van der Waals surface area contributed by atoms with Crippen LogP contribution in [0, 0.1) is 6.92 Å². The van der Waals surface area contributed by atoms with Crippen molar-refractivity contribution in [3.05, 3.63) is 29.6 Å². The van der Waals surface area contributed by atoms with Crippen LogP contribution >= 0.6 is 0 Å². The van der Waals surface area contributed by atoms with E-state index in [1.165, 1.54) is 7.11 Å². The maximum atomic E-state index is 11.4. The molecule has 0 amide bonds. The molecule has 1 saturated carbocycles. The van der Waals surface area contributed by atoms with Crippen molar-refractivity contribution >= 4 is 5.97 Å². The van der Waals surface area contributed by atoms with Gasteiger partial charge in [0.25, 0.3) is 0 Å². The van der Waals surface area contributed by atoms with Crippen molar-refractivity contribution in [2.24, 2.45) is 0 Å². The van der Waals surface area contributed by atoms with Crippen molar-refractivity contribution in [2.75, 3.05) is 7.11 Å². The van der Waals surface area contributed by atoms with Gasteiger partial charge in [-0.1, -0.05) is 6.07 Å². The number of carbonyl (C=O) groups is 1. The molecule has 1 fully saturated rings. The summed E-state index contributed by atoms with van der Waals surface area (Å²) in [6.45, 7) is 1.89. The lowest BCUT2D eigenvalue weighted by atomic mass is 9.89. The van der Waals surface area contributed by atoms with Gasteiger partial charge in [0, 0.05) is 17.3 Å². The summed E-state index contributed by atoms with van der Waals surface area (Å²) in [4.78, 5) is 15.6. The number of hydrogen-bond acceptors (Lipinski definition) is 4. The van der Waals surface area contributed by atoms with Crippen LogP contribution in [0.2, 0.25) is 0 Å². The molecule has 86 valence electrons. The molecular formula is C12H15NO3. The molecule has 1 atom stereocenters. The van der Waals surface area contributed by atoms with Crippen molar-refractivity contribution in [3.8, 4) is 0 Å². The van der Waals surface area contributed by atoms with E-state index in [0.29, 0.717) is 0 Å². The molecule has 2 rings (SSSR count). The monoisotopic (exact) mass is 221 g/mol. The first-order chi connectivity index (χ1) is 7.62. The molecule has 1 N–H and O–H groups in total. The van der Waals surface area contributed by atoms with Gasteiger partial charge < -0.3 is 9.84 Å². The first kappa shape index (κ1) is 11.1. The number of esters is 1. The summed E-state index contributed by atoms with van der Waals surface area (Å²) < 4.78 is 4.59. The molecule has 1 heterocycles. The lowest BCUT2D eigenvalue weighted by molar-refractivity contribution is -0.152. The number of carbonyl (C=O) groups excluding carboxylic acids is 1. The lowest BCUT2D eigenvalue weighted by Crippen LogP contribution is -2.35. The third-order valence-corrected chi connectivity index (χ3v) is 3.28. The third-order valence-electron chi connectivity index (χ3n) is 3.28. The predicted octanol–water partition coefficient (Wildman–Crippen LogP) is 0.956. The average Bonchev–Trinajstić information content (AvgIpc) is 3.09. The van der Waals surface area contributed by atoms with Crippen LogP contribution in [0.25, 0.3) is 0 Å². The van der Waals surface area contributed by atoms with E-state index in [1.54, 1.807) is 6.20 Å². The second-order valence-corrected chi connectivity index (χ2v) is 4.22. The topological polar surface area (TPSA) is 59.4 Å². The molecule has 4 nitrogen and oxygen atoms in total. The fourth-order valence-corrected chi connectivity index (χ4v) is 2.17. The predicted molar refractivity (Wildman–Crippen MR) is 57.9 cm³/mol. The molecule has 1 aliphatic carbocycles. The van der Waals surface area contributed by atoms with Gasteiger partial charge in [0.1, 0.15) is 0 Å². The number of nitrogens with zero attached hydrogens (tertiary/aromatic N) is 1. The molecule has 0 bridgehead atoms. The van der Waals surface area contributed by atoms with E-state index < -0.39 is 17.5 Å². The van der Waals surface area contributed by atoms with E-state index in [2.05, 4.69) is 9.72 Å². The van der Waals surface area contributed by atoms with Crippen molar-refractivity contribution in [3.63, 3.8) is 0 Å². The second-order valence-electron chi connectivity index (χ2n) is 4.22. The molecule has 1 aromatic rings. The standard InChI is InChI=1S/C12H15NO3/c1-8-9(4-3-7-13-8)12(5-6-12)10(14)11(15)16-2/h3-4,7,10,14H,5-6H2,1-2H3. The van der Waals surface area contributed by atoms with Crippen LogP contribution in [0.3, 0.4) is 0 Å². The quantitative estimate of drug-likeness (QED) is 0.772. The Morgan fingerprint density at radius 3 is 2.81 bits per heavy atom. The van der Waals surface area contributed by atoms with E-state index in [1.807, 2.05) is 19.1 Å². The molecule has 16 heavy (non-hydrogen) atoms. The van der Waals surface area contributed by atoms with Gasteiger partial charge in [-0.25, -0.2) is 4.79 Å². The first-order valence-corrected chi connectivity index (χ1v) is 5.30. The maximum absolute atomic E-state index is 11.4. The molecule has 1 unspecified atom stereocenters. The summed E-state index contributed by atoms with van der Waals surface area (Å²) in [5.74, 6) is -0.569. The number of ether oxygens (including phenoxy) is 1. The lowest BCUT2D eigenvalue weighted by Gasteiger charge is -2.21. The Morgan fingerprint density at radius 2 is 2.31 bits per heavy atom. The van der Waals surface area contributed by atoms with Gasteiger partial charge in [-0.3, -0.25) is 4.98 Å². The molecule has 1 aromatic heterocycles. The minimum atomic E-state index is -1.08. The highest BCUT2D eigenvalue weighted by atomic mass is 16.5. The molecule has 0 aromatic carbocycles. The van der Waals surface area contributed by atoms with Gasteiger partial charge >= 0.3 is 5.97 Å². The SMILES string of the molecule is COC(=O)C(O)C1(c2cccnc2C)CC1. The number of methoxy groups -OCH3 is 1. The van der Waals surface area contributed by atoms with Crippen LogP contribution in [-0.4, -0.2) is 29.3 Å². The zero-order valence-corrected chi connectivity index (χ0v) is 9.43. The van der Waals surface area contributed by atoms with E-state index in [9.17, 15) is 9.90 Å². The van der Waals surface area contributed by atoms with Crippen LogP contribution in [-0.2, 0) is 14.9 Å². The fourth-order valence-electron chi connectivity index (χ4n) is 2.17. The van der Waals surface area contributed by atoms with Crippen molar-refractivity contribution in [1.82, 2.24) is 4.98 Å². The van der Waals surface area contributed by atoms with Crippen molar-refractivity contribution in [2.45, 2.75) is 31.3 Å². The Hall–Kier alpha value is -1.42. The Kier molecular flexibility index (Phi) is 2.68. The highest BCUT2D eigenvalue weighted by Crippen LogP contribution is 2.51. The Labute approximate surface area is 94.3 Å². The van der Waals surface area contributed by atoms with Gasteiger partial charge in [0.2, 0.25) is 0 Å². The number of pyridine rings is 1. The summed E-state index contributed by atoms with van der Waals surface area (Å²) in [5, 5.41) is 9.98. The third kappa shape index (κ3) is 1.59. The van der Waals surface area contributed by atoms with Crippen molar-refractivity contribution < 1.29 is 14.6 Å². The van der Waals surface area contributed by atoms with Gasteiger partial charge in [0.15, 0.2) is 6.10 Å². The smallest absolute Gasteiger partial charge is 0.335 e. The van der Waals surface area contributed by atoms with Crippen LogP contribution in [0.15, 0.2) is 18.3 Å². The molecule has 0 radical (unpaired) electrons. The van der Waals surface area contributed by atoms with E-state index >= 15 is 0 Å². The van der Waals surface area contributed by atoms with Crippen LogP contribution in [0.4, 0.5) is 0 Å². The first-order valence-electron chi connectivity index (χ1n) is 5.30. The molecular weight excluding hydrogens is 206 g/mol. The molecule has 0 aliphatic heterocycles. The zero-order valence-electron chi connectivity index (χ0n) is 9.43. The summed E-state index contributed by atoms with van der Waals surface area (Å²) in [5.41, 5.74) is 1.35. The molecule has 0 saturated heterocycles. The number of aryl methyl sites for hydroxylation is 1. The highest BCUT2D eigenvalue weighted by molar-refractivity contribution is 5.77. The number of aromatic nitrogens is 1.